The molecule has 1 unspecified atom stereocenters. The summed E-state index contributed by atoms with van der Waals surface area (Å²) in [7, 11) is 0. The van der Waals surface area contributed by atoms with Crippen LogP contribution in [-0.2, 0) is 4.79 Å². The molecular weight excluding hydrogens is 134 g/mol. The number of hydrogen-bond donors (Lipinski definition) is 3. The van der Waals surface area contributed by atoms with Crippen molar-refractivity contribution in [1.29, 1.82) is 0 Å². The van der Waals surface area contributed by atoms with Crippen LogP contribution in [0.2, 0.25) is 0 Å². The van der Waals surface area contributed by atoms with Crippen LogP contribution in [0.1, 0.15) is 12.8 Å². The molecule has 10 heavy (non-hydrogen) atoms. The third kappa shape index (κ3) is 1.46. The van der Waals surface area contributed by atoms with Crippen LogP contribution in [0.5, 0.6) is 0 Å². The van der Waals surface area contributed by atoms with Gasteiger partial charge in [0.05, 0.1) is 0 Å². The van der Waals surface area contributed by atoms with Crippen LogP contribution >= 0.6 is 0 Å². The first kappa shape index (κ1) is 7.50. The van der Waals surface area contributed by atoms with Crippen LogP contribution in [0.3, 0.4) is 0 Å². The molecule has 0 aromatic carbocycles. The van der Waals surface area contributed by atoms with Gasteiger partial charge in [0.25, 0.3) is 0 Å². The summed E-state index contributed by atoms with van der Waals surface area (Å²) in [5.41, 5.74) is 0. The maximum Gasteiger partial charge on any atom is 0.334 e. The van der Waals surface area contributed by atoms with E-state index in [1.165, 1.54) is 0 Å². The Morgan fingerprint density at radius 1 is 1.70 bits per heavy atom. The molecule has 1 aliphatic heterocycles. The van der Waals surface area contributed by atoms with Crippen molar-refractivity contribution in [3.8, 4) is 0 Å². The van der Waals surface area contributed by atoms with Gasteiger partial charge in [-0.3, -0.25) is 0 Å². The predicted molar refractivity (Wildman–Crippen MR) is 34.7 cm³/mol. The van der Waals surface area contributed by atoms with Gasteiger partial charge in [0.1, 0.15) is 0 Å². The summed E-state index contributed by atoms with van der Waals surface area (Å²) >= 11 is 0. The van der Waals surface area contributed by atoms with Crippen LogP contribution in [0.4, 0.5) is 0 Å². The molecule has 0 spiro atoms. The molecule has 0 radical (unpaired) electrons. The summed E-state index contributed by atoms with van der Waals surface area (Å²) < 4.78 is 0. The van der Waals surface area contributed by atoms with Crippen molar-refractivity contribution in [2.75, 3.05) is 6.54 Å². The molecular formula is C6H11NO3. The first-order chi connectivity index (χ1) is 4.72. The number of carboxylic acids is 1. The second-order valence-electron chi connectivity index (χ2n) is 2.49. The highest BCUT2D eigenvalue weighted by Gasteiger charge is 2.27. The van der Waals surface area contributed by atoms with E-state index in [4.69, 9.17) is 10.2 Å². The molecule has 0 aromatic rings. The first-order valence-electron chi connectivity index (χ1n) is 3.36. The predicted octanol–water partition coefficient (Wildman–Crippen LogP) is -0.816. The molecule has 1 rings (SSSR count). The van der Waals surface area contributed by atoms with E-state index >= 15 is 0 Å². The molecule has 0 bridgehead atoms. The van der Waals surface area contributed by atoms with Crippen LogP contribution in [0.15, 0.2) is 0 Å². The molecule has 2 atom stereocenters. The van der Waals surface area contributed by atoms with Gasteiger partial charge in [-0.25, -0.2) is 4.79 Å². The summed E-state index contributed by atoms with van der Waals surface area (Å²) in [6.45, 7) is 0.814. The number of carboxylic acid groups (broad SMARTS) is 1. The van der Waals surface area contributed by atoms with Gasteiger partial charge in [0, 0.05) is 6.04 Å². The summed E-state index contributed by atoms with van der Waals surface area (Å²) in [5, 5.41) is 20.2. The lowest BCUT2D eigenvalue weighted by Crippen LogP contribution is -2.40. The molecule has 0 amide bonds. The maximum absolute atomic E-state index is 10.2. The van der Waals surface area contributed by atoms with Gasteiger partial charge in [-0.05, 0) is 19.4 Å². The van der Waals surface area contributed by atoms with E-state index in [2.05, 4.69) is 5.32 Å². The summed E-state index contributed by atoms with van der Waals surface area (Å²) in [4.78, 5) is 10.2. The van der Waals surface area contributed by atoms with E-state index < -0.39 is 12.1 Å². The minimum Gasteiger partial charge on any atom is -0.479 e. The van der Waals surface area contributed by atoms with E-state index in [9.17, 15) is 4.79 Å². The van der Waals surface area contributed by atoms with E-state index in [-0.39, 0.29) is 6.04 Å². The molecule has 4 heteroatoms. The summed E-state index contributed by atoms with van der Waals surface area (Å²) in [5.74, 6) is -1.14. The molecule has 1 heterocycles. The average molecular weight is 145 g/mol. The maximum atomic E-state index is 10.2. The van der Waals surface area contributed by atoms with Crippen molar-refractivity contribution >= 4 is 5.97 Å². The third-order valence-corrected chi connectivity index (χ3v) is 1.73. The van der Waals surface area contributed by atoms with Gasteiger partial charge in [-0.15, -0.1) is 0 Å². The van der Waals surface area contributed by atoms with Gasteiger partial charge < -0.3 is 15.5 Å². The Morgan fingerprint density at radius 2 is 2.40 bits per heavy atom. The van der Waals surface area contributed by atoms with Crippen LogP contribution < -0.4 is 5.32 Å². The molecule has 1 saturated heterocycles. The topological polar surface area (TPSA) is 69.6 Å². The molecule has 58 valence electrons. The third-order valence-electron chi connectivity index (χ3n) is 1.73. The molecule has 0 saturated carbocycles. The highest BCUT2D eigenvalue weighted by atomic mass is 16.4. The molecule has 4 nitrogen and oxygen atoms in total. The number of hydrogen-bond acceptors (Lipinski definition) is 3. The fourth-order valence-corrected chi connectivity index (χ4v) is 1.15. The number of aliphatic hydroxyl groups is 1. The molecule has 0 aromatic heterocycles. The lowest BCUT2D eigenvalue weighted by Gasteiger charge is -2.12. The minimum atomic E-state index is -1.23. The fourth-order valence-electron chi connectivity index (χ4n) is 1.15. The minimum absolute atomic E-state index is 0.238. The number of aliphatic carboxylic acids is 1. The Labute approximate surface area is 58.9 Å². The number of carbonyl (C=O) groups is 1. The van der Waals surface area contributed by atoms with Gasteiger partial charge in [-0.1, -0.05) is 0 Å². The molecule has 0 aliphatic carbocycles. The van der Waals surface area contributed by atoms with Gasteiger partial charge in [0.15, 0.2) is 6.10 Å². The van der Waals surface area contributed by atoms with Crippen molar-refractivity contribution in [3.63, 3.8) is 0 Å². The second-order valence-corrected chi connectivity index (χ2v) is 2.49. The van der Waals surface area contributed by atoms with E-state index in [1.807, 2.05) is 0 Å². The largest absolute Gasteiger partial charge is 0.479 e. The molecule has 1 fully saturated rings. The van der Waals surface area contributed by atoms with Crippen LogP contribution in [-0.4, -0.2) is 34.9 Å². The van der Waals surface area contributed by atoms with Gasteiger partial charge >= 0.3 is 5.97 Å². The van der Waals surface area contributed by atoms with Crippen LogP contribution in [0, 0.1) is 0 Å². The Hall–Kier alpha value is -0.610. The van der Waals surface area contributed by atoms with Crippen molar-refractivity contribution in [1.82, 2.24) is 5.32 Å². The average Bonchev–Trinajstić information content (AvgIpc) is 2.36. The highest BCUT2D eigenvalue weighted by Crippen LogP contribution is 2.08. The monoisotopic (exact) mass is 145 g/mol. The van der Waals surface area contributed by atoms with Gasteiger partial charge in [0.2, 0.25) is 0 Å². The number of nitrogens with one attached hydrogen (secondary N) is 1. The zero-order valence-corrected chi connectivity index (χ0v) is 5.58. The Kier molecular flexibility index (Phi) is 2.24. The Morgan fingerprint density at radius 3 is 2.80 bits per heavy atom. The van der Waals surface area contributed by atoms with E-state index in [1.54, 1.807) is 0 Å². The zero-order valence-electron chi connectivity index (χ0n) is 5.58. The first-order valence-corrected chi connectivity index (χ1v) is 3.36. The normalized spacial score (nSPS) is 28.3. The van der Waals surface area contributed by atoms with Crippen molar-refractivity contribution in [2.24, 2.45) is 0 Å². The number of rotatable bonds is 2. The van der Waals surface area contributed by atoms with Crippen molar-refractivity contribution < 1.29 is 15.0 Å². The number of aliphatic hydroxyl groups excluding tert-OH is 1. The fraction of sp³-hybridized carbons (Fsp3) is 0.833. The van der Waals surface area contributed by atoms with E-state index in [0.29, 0.717) is 0 Å². The zero-order chi connectivity index (χ0) is 7.56. The van der Waals surface area contributed by atoms with Crippen LogP contribution in [0.25, 0.3) is 0 Å². The van der Waals surface area contributed by atoms with Gasteiger partial charge in [-0.2, -0.15) is 0 Å². The van der Waals surface area contributed by atoms with E-state index in [0.717, 1.165) is 19.4 Å². The highest BCUT2D eigenvalue weighted by molar-refractivity contribution is 5.72. The summed E-state index contributed by atoms with van der Waals surface area (Å²) in [6.07, 6.45) is 0.477. The lowest BCUT2D eigenvalue weighted by atomic mass is 10.1. The second kappa shape index (κ2) is 2.98. The smallest absolute Gasteiger partial charge is 0.334 e. The quantitative estimate of drug-likeness (QED) is 0.475. The Bertz CT molecular complexity index is 131. The van der Waals surface area contributed by atoms with Crippen molar-refractivity contribution in [2.45, 2.75) is 25.0 Å². The molecule has 1 aliphatic rings. The van der Waals surface area contributed by atoms with Crippen molar-refractivity contribution in [3.05, 3.63) is 0 Å². The SMILES string of the molecule is O=C(O)C(O)[C@H]1CCCN1. The lowest BCUT2D eigenvalue weighted by molar-refractivity contribution is -0.147. The standard InChI is InChI=1S/C6H11NO3/c8-5(6(9)10)4-2-1-3-7-4/h4-5,7-8H,1-3H2,(H,9,10)/t4-,5?/m1/s1. The summed E-state index contributed by atoms with van der Waals surface area (Å²) in [6, 6.07) is -0.238. The Balaban J connectivity index is 2.39. The molecule has 3 N–H and O–H groups in total.